The number of rotatable bonds is 6. The van der Waals surface area contributed by atoms with E-state index in [1.165, 1.54) is 25.7 Å². The Hall–Kier alpha value is -0.150. The molecule has 0 spiro atoms. The van der Waals surface area contributed by atoms with Crippen LogP contribution in [0.25, 0.3) is 0 Å². The average molecular weight is 187 g/mol. The maximum atomic E-state index is 5.38. The Labute approximate surface area is 79.5 Å². The Kier molecular flexibility index (Phi) is 4.54. The molecule has 1 aliphatic carbocycles. The summed E-state index contributed by atoms with van der Waals surface area (Å²) < 4.78 is 5.38. The molecule has 12 heavy (non-hydrogen) atoms. The average Bonchev–Trinajstić information content (AvgIpc) is 1.92. The fourth-order valence-corrected chi connectivity index (χ4v) is 1.39. The van der Waals surface area contributed by atoms with Crippen molar-refractivity contribution in [2.24, 2.45) is 11.7 Å². The summed E-state index contributed by atoms with van der Waals surface area (Å²) in [5.41, 5.74) is 5.32. The molecule has 0 aromatic carbocycles. The highest BCUT2D eigenvalue weighted by Crippen LogP contribution is 2.28. The van der Waals surface area contributed by atoms with Gasteiger partial charge in [-0.1, -0.05) is 31.5 Å². The van der Waals surface area contributed by atoms with E-state index < -0.39 is 0 Å². The van der Waals surface area contributed by atoms with E-state index in [1.54, 1.807) is 0 Å². The molecule has 3 heteroatoms. The lowest BCUT2D eigenvalue weighted by Gasteiger charge is -2.24. The van der Waals surface area contributed by atoms with Crippen LogP contribution >= 0.6 is 12.2 Å². The van der Waals surface area contributed by atoms with Crippen LogP contribution in [0.3, 0.4) is 0 Å². The molecule has 0 bridgehead atoms. The van der Waals surface area contributed by atoms with Crippen LogP contribution in [0.1, 0.15) is 32.1 Å². The molecule has 2 N–H and O–H groups in total. The van der Waals surface area contributed by atoms with E-state index in [9.17, 15) is 0 Å². The zero-order chi connectivity index (χ0) is 8.81. The molecule has 1 rings (SSSR count). The van der Waals surface area contributed by atoms with Crippen LogP contribution in [0.15, 0.2) is 0 Å². The van der Waals surface area contributed by atoms with Crippen molar-refractivity contribution in [1.82, 2.24) is 0 Å². The molecule has 0 aliphatic heterocycles. The summed E-state index contributed by atoms with van der Waals surface area (Å²) in [6.07, 6.45) is 6.16. The van der Waals surface area contributed by atoms with Crippen molar-refractivity contribution in [3.8, 4) is 0 Å². The minimum absolute atomic E-state index is 0.554. The third kappa shape index (κ3) is 4.02. The van der Waals surface area contributed by atoms with E-state index in [2.05, 4.69) is 0 Å². The van der Waals surface area contributed by atoms with Crippen molar-refractivity contribution in [3.63, 3.8) is 0 Å². The van der Waals surface area contributed by atoms with Crippen LogP contribution in [0.2, 0.25) is 0 Å². The summed E-state index contributed by atoms with van der Waals surface area (Å²) in [6, 6.07) is 0. The van der Waals surface area contributed by atoms with Crippen LogP contribution in [0, 0.1) is 5.92 Å². The zero-order valence-electron chi connectivity index (χ0n) is 7.42. The first-order chi connectivity index (χ1) is 5.79. The second-order valence-corrected chi connectivity index (χ2v) is 3.94. The normalized spacial score (nSPS) is 17.3. The lowest BCUT2D eigenvalue weighted by atomic mass is 9.83. The van der Waals surface area contributed by atoms with Gasteiger partial charge in [-0.05, 0) is 12.3 Å². The third-order valence-electron chi connectivity index (χ3n) is 2.39. The molecular formula is C9H17NOS. The van der Waals surface area contributed by atoms with Gasteiger partial charge < -0.3 is 10.5 Å². The molecule has 0 heterocycles. The van der Waals surface area contributed by atoms with Crippen molar-refractivity contribution < 1.29 is 4.74 Å². The fourth-order valence-electron chi connectivity index (χ4n) is 1.31. The molecule has 0 unspecified atom stereocenters. The number of ether oxygens (including phenoxy) is 1. The molecule has 0 saturated heterocycles. The smallest absolute Gasteiger partial charge is 0.0750 e. The Morgan fingerprint density at radius 1 is 1.42 bits per heavy atom. The van der Waals surface area contributed by atoms with Crippen molar-refractivity contribution in [2.45, 2.75) is 32.1 Å². The van der Waals surface area contributed by atoms with Crippen molar-refractivity contribution in [3.05, 3.63) is 0 Å². The molecular weight excluding hydrogens is 170 g/mol. The van der Waals surface area contributed by atoms with Crippen LogP contribution in [-0.4, -0.2) is 18.2 Å². The van der Waals surface area contributed by atoms with Crippen LogP contribution in [-0.2, 0) is 4.74 Å². The van der Waals surface area contributed by atoms with E-state index in [-0.39, 0.29) is 0 Å². The van der Waals surface area contributed by atoms with E-state index in [0.717, 1.165) is 18.9 Å². The fraction of sp³-hybridized carbons (Fsp3) is 0.889. The molecule has 1 aliphatic rings. The van der Waals surface area contributed by atoms with Gasteiger partial charge in [-0.2, -0.15) is 0 Å². The van der Waals surface area contributed by atoms with Crippen molar-refractivity contribution in [2.75, 3.05) is 13.2 Å². The summed E-state index contributed by atoms with van der Waals surface area (Å²) in [5, 5.41) is 0. The zero-order valence-corrected chi connectivity index (χ0v) is 8.24. The summed E-state index contributed by atoms with van der Waals surface area (Å²) in [4.78, 5) is 0.554. The summed E-state index contributed by atoms with van der Waals surface area (Å²) in [6.45, 7) is 1.58. The molecule has 70 valence electrons. The minimum atomic E-state index is 0.554. The number of thiocarbonyl (C=S) groups is 1. The predicted octanol–water partition coefficient (Wildman–Crippen LogP) is 1.87. The molecule has 0 aromatic heterocycles. The van der Waals surface area contributed by atoms with Gasteiger partial charge in [0.25, 0.3) is 0 Å². The van der Waals surface area contributed by atoms with Gasteiger partial charge >= 0.3 is 0 Å². The van der Waals surface area contributed by atoms with E-state index >= 15 is 0 Å². The monoisotopic (exact) mass is 187 g/mol. The highest BCUT2D eigenvalue weighted by atomic mass is 32.1. The largest absolute Gasteiger partial charge is 0.393 e. The van der Waals surface area contributed by atoms with Gasteiger partial charge in [-0.25, -0.2) is 0 Å². The molecule has 0 amide bonds. The first-order valence-electron chi connectivity index (χ1n) is 4.65. The van der Waals surface area contributed by atoms with Crippen molar-refractivity contribution in [1.29, 1.82) is 0 Å². The van der Waals surface area contributed by atoms with Gasteiger partial charge in [-0.3, -0.25) is 0 Å². The van der Waals surface area contributed by atoms with E-state index in [4.69, 9.17) is 22.7 Å². The van der Waals surface area contributed by atoms with E-state index in [0.29, 0.717) is 11.6 Å². The first-order valence-corrected chi connectivity index (χ1v) is 5.06. The van der Waals surface area contributed by atoms with Gasteiger partial charge in [0.05, 0.1) is 11.6 Å². The summed E-state index contributed by atoms with van der Waals surface area (Å²) >= 11 is 4.73. The third-order valence-corrected chi connectivity index (χ3v) is 2.59. The van der Waals surface area contributed by atoms with Gasteiger partial charge in [0.2, 0.25) is 0 Å². The van der Waals surface area contributed by atoms with Gasteiger partial charge in [0, 0.05) is 13.0 Å². The van der Waals surface area contributed by atoms with Gasteiger partial charge in [-0.15, -0.1) is 0 Å². The topological polar surface area (TPSA) is 35.2 Å². The van der Waals surface area contributed by atoms with Gasteiger partial charge in [0.1, 0.15) is 0 Å². The van der Waals surface area contributed by atoms with E-state index in [1.807, 2.05) is 0 Å². The molecule has 1 fully saturated rings. The molecule has 2 nitrogen and oxygen atoms in total. The maximum absolute atomic E-state index is 5.38. The molecule has 0 radical (unpaired) electrons. The summed E-state index contributed by atoms with van der Waals surface area (Å²) in [7, 11) is 0. The number of hydrogen-bond donors (Lipinski definition) is 1. The number of hydrogen-bond acceptors (Lipinski definition) is 2. The molecule has 0 atom stereocenters. The second-order valence-electron chi connectivity index (χ2n) is 3.41. The van der Waals surface area contributed by atoms with Crippen LogP contribution < -0.4 is 5.73 Å². The van der Waals surface area contributed by atoms with Crippen LogP contribution in [0.4, 0.5) is 0 Å². The second kappa shape index (κ2) is 5.49. The summed E-state index contributed by atoms with van der Waals surface area (Å²) in [5.74, 6) is 0.940. The SMILES string of the molecule is NC(=S)CCOCCC1CCC1. The lowest BCUT2D eigenvalue weighted by molar-refractivity contribution is 0.112. The highest BCUT2D eigenvalue weighted by molar-refractivity contribution is 7.80. The lowest BCUT2D eigenvalue weighted by Crippen LogP contribution is -2.15. The highest BCUT2D eigenvalue weighted by Gasteiger charge is 2.16. The Morgan fingerprint density at radius 3 is 2.67 bits per heavy atom. The Bertz CT molecular complexity index is 145. The Balaban J connectivity index is 1.79. The molecule has 0 aromatic rings. The van der Waals surface area contributed by atoms with Gasteiger partial charge in [0.15, 0.2) is 0 Å². The van der Waals surface area contributed by atoms with Crippen LogP contribution in [0.5, 0.6) is 0 Å². The standard InChI is InChI=1S/C9H17NOS/c10-9(12)5-7-11-6-4-8-2-1-3-8/h8H,1-7H2,(H2,10,12). The maximum Gasteiger partial charge on any atom is 0.0750 e. The minimum Gasteiger partial charge on any atom is -0.393 e. The first kappa shape index (κ1) is 9.93. The number of nitrogens with two attached hydrogens (primary N) is 1. The van der Waals surface area contributed by atoms with Crippen molar-refractivity contribution >= 4 is 17.2 Å². The Morgan fingerprint density at radius 2 is 2.17 bits per heavy atom. The predicted molar refractivity (Wildman–Crippen MR) is 54.2 cm³/mol. The molecule has 1 saturated carbocycles. The quantitative estimate of drug-likeness (QED) is 0.509.